The van der Waals surface area contributed by atoms with Crippen molar-refractivity contribution in [1.29, 1.82) is 0 Å². The van der Waals surface area contributed by atoms with E-state index in [1.807, 2.05) is 44.2 Å². The van der Waals surface area contributed by atoms with Crippen molar-refractivity contribution in [2.75, 3.05) is 24.5 Å². The zero-order chi connectivity index (χ0) is 23.1. The van der Waals surface area contributed by atoms with Crippen molar-refractivity contribution >= 4 is 21.6 Å². The van der Waals surface area contributed by atoms with Crippen LogP contribution in [0.4, 0.5) is 5.69 Å². The lowest BCUT2D eigenvalue weighted by atomic mass is 10.0. The fourth-order valence-corrected chi connectivity index (χ4v) is 4.67. The van der Waals surface area contributed by atoms with Crippen LogP contribution in [-0.4, -0.2) is 34.5 Å². The Labute approximate surface area is 189 Å². The number of methoxy groups -OCH3 is 1. The largest absolute Gasteiger partial charge is 0.497 e. The number of carbonyl (C=O) groups excluding carboxylic acids is 1. The second-order valence-corrected chi connectivity index (χ2v) is 9.50. The van der Waals surface area contributed by atoms with Crippen LogP contribution < -0.4 is 14.4 Å². The van der Waals surface area contributed by atoms with Gasteiger partial charge in [-0.2, -0.15) is 0 Å². The second kappa shape index (κ2) is 10.3. The molecule has 0 saturated carbocycles. The summed E-state index contributed by atoms with van der Waals surface area (Å²) in [7, 11) is -2.41. The molecule has 3 aromatic rings. The summed E-state index contributed by atoms with van der Waals surface area (Å²) in [6.45, 7) is 3.98. The Morgan fingerprint density at radius 3 is 2.19 bits per heavy atom. The van der Waals surface area contributed by atoms with E-state index in [4.69, 9.17) is 4.74 Å². The van der Waals surface area contributed by atoms with Crippen LogP contribution in [0.3, 0.4) is 0 Å². The molecule has 0 aliphatic rings. The van der Waals surface area contributed by atoms with E-state index in [2.05, 4.69) is 5.32 Å². The lowest BCUT2D eigenvalue weighted by molar-refractivity contribution is -0.119. The summed E-state index contributed by atoms with van der Waals surface area (Å²) in [5, 5.41) is 2.87. The van der Waals surface area contributed by atoms with Gasteiger partial charge in [0.15, 0.2) is 0 Å². The fourth-order valence-electron chi connectivity index (χ4n) is 3.25. The van der Waals surface area contributed by atoms with Gasteiger partial charge in [-0.15, -0.1) is 0 Å². The number of nitrogens with zero attached hydrogens (tertiary/aromatic N) is 1. The first-order valence-corrected chi connectivity index (χ1v) is 11.8. The highest BCUT2D eigenvalue weighted by Crippen LogP contribution is 2.26. The minimum Gasteiger partial charge on any atom is -0.497 e. The van der Waals surface area contributed by atoms with E-state index in [9.17, 15) is 13.2 Å². The summed E-state index contributed by atoms with van der Waals surface area (Å²) in [4.78, 5) is 12.9. The molecule has 168 valence electrons. The molecule has 6 nitrogen and oxygen atoms in total. The number of benzene rings is 3. The normalized spacial score (nSPS) is 12.1. The molecular formula is C25H28N2O4S. The van der Waals surface area contributed by atoms with Crippen LogP contribution >= 0.6 is 0 Å². The molecule has 0 aliphatic heterocycles. The van der Waals surface area contributed by atoms with Gasteiger partial charge >= 0.3 is 0 Å². The van der Waals surface area contributed by atoms with Gasteiger partial charge in [-0.25, -0.2) is 8.42 Å². The number of hydrogen-bond acceptors (Lipinski definition) is 4. The molecule has 3 rings (SSSR count). The monoisotopic (exact) mass is 452 g/mol. The highest BCUT2D eigenvalue weighted by Gasteiger charge is 2.27. The third-order valence-corrected chi connectivity index (χ3v) is 7.02. The van der Waals surface area contributed by atoms with Crippen LogP contribution in [0.1, 0.15) is 24.0 Å². The minimum atomic E-state index is -3.94. The summed E-state index contributed by atoms with van der Waals surface area (Å²) in [6.07, 6.45) is 0. The Balaban J connectivity index is 1.82. The van der Waals surface area contributed by atoms with Gasteiger partial charge in [-0.1, -0.05) is 55.0 Å². The van der Waals surface area contributed by atoms with Crippen LogP contribution in [-0.2, 0) is 14.8 Å². The SMILES string of the molecule is COc1ccc(N(CC(=O)NC[C@@H](C)c2ccccc2)S(=O)(=O)c2ccc(C)cc2)cc1. The van der Waals surface area contributed by atoms with Crippen molar-refractivity contribution < 1.29 is 17.9 Å². The molecule has 32 heavy (non-hydrogen) atoms. The molecule has 3 aromatic carbocycles. The average molecular weight is 453 g/mol. The molecule has 0 bridgehead atoms. The first-order valence-electron chi connectivity index (χ1n) is 10.4. The number of sulfonamides is 1. The minimum absolute atomic E-state index is 0.100. The van der Waals surface area contributed by atoms with Gasteiger partial charge < -0.3 is 10.1 Å². The predicted octanol–water partition coefficient (Wildman–Crippen LogP) is 4.12. The van der Waals surface area contributed by atoms with E-state index in [-0.39, 0.29) is 23.3 Å². The molecule has 0 fully saturated rings. The molecule has 0 unspecified atom stereocenters. The number of anilines is 1. The van der Waals surface area contributed by atoms with Gasteiger partial charge in [0.1, 0.15) is 12.3 Å². The average Bonchev–Trinajstić information content (AvgIpc) is 2.82. The number of carbonyl (C=O) groups is 1. The number of nitrogens with one attached hydrogen (secondary N) is 1. The lowest BCUT2D eigenvalue weighted by Gasteiger charge is -2.25. The molecule has 0 spiro atoms. The van der Waals surface area contributed by atoms with Crippen LogP contribution in [0.2, 0.25) is 0 Å². The van der Waals surface area contributed by atoms with E-state index in [0.29, 0.717) is 18.0 Å². The van der Waals surface area contributed by atoms with Gasteiger partial charge in [-0.3, -0.25) is 9.10 Å². The first-order chi connectivity index (χ1) is 15.3. The number of rotatable bonds is 9. The Bertz CT molecular complexity index is 1130. The number of ether oxygens (including phenoxy) is 1. The molecule has 1 N–H and O–H groups in total. The van der Waals surface area contributed by atoms with E-state index >= 15 is 0 Å². The Hall–Kier alpha value is -3.32. The number of amides is 1. The highest BCUT2D eigenvalue weighted by molar-refractivity contribution is 7.92. The molecule has 0 aliphatic carbocycles. The van der Waals surface area contributed by atoms with E-state index < -0.39 is 10.0 Å². The van der Waals surface area contributed by atoms with Crippen LogP contribution in [0, 0.1) is 6.92 Å². The molecule has 7 heteroatoms. The van der Waals surface area contributed by atoms with Crippen molar-refractivity contribution in [3.8, 4) is 5.75 Å². The van der Waals surface area contributed by atoms with E-state index in [0.717, 1.165) is 15.4 Å². The maximum absolute atomic E-state index is 13.4. The zero-order valence-corrected chi connectivity index (χ0v) is 19.3. The predicted molar refractivity (Wildman–Crippen MR) is 127 cm³/mol. The smallest absolute Gasteiger partial charge is 0.264 e. The van der Waals surface area contributed by atoms with Gasteiger partial charge in [0.2, 0.25) is 5.91 Å². The van der Waals surface area contributed by atoms with Crippen LogP contribution in [0.15, 0.2) is 83.8 Å². The maximum atomic E-state index is 13.4. The van der Waals surface area contributed by atoms with Crippen molar-refractivity contribution in [2.45, 2.75) is 24.7 Å². The molecule has 1 atom stereocenters. The standard InChI is InChI=1S/C25H28N2O4S/c1-19-9-15-24(16-10-19)32(29,30)27(22-11-13-23(31-3)14-12-22)18-25(28)26-17-20(2)21-7-5-4-6-8-21/h4-16,20H,17-18H2,1-3H3,(H,26,28)/t20-/m1/s1. The summed E-state index contributed by atoms with van der Waals surface area (Å²) in [5.74, 6) is 0.324. The van der Waals surface area contributed by atoms with Crippen molar-refractivity contribution in [1.82, 2.24) is 5.32 Å². The molecule has 1 amide bonds. The number of aryl methyl sites for hydroxylation is 1. The fraction of sp³-hybridized carbons (Fsp3) is 0.240. The summed E-state index contributed by atoms with van der Waals surface area (Å²) < 4.78 is 33.1. The second-order valence-electron chi connectivity index (χ2n) is 7.64. The van der Waals surface area contributed by atoms with Gasteiger partial charge in [0.25, 0.3) is 10.0 Å². The summed E-state index contributed by atoms with van der Waals surface area (Å²) in [5.41, 5.74) is 2.44. The van der Waals surface area contributed by atoms with Crippen molar-refractivity contribution in [3.05, 3.63) is 90.0 Å². The Morgan fingerprint density at radius 2 is 1.59 bits per heavy atom. The molecule has 0 aromatic heterocycles. The van der Waals surface area contributed by atoms with Crippen molar-refractivity contribution in [2.24, 2.45) is 0 Å². The van der Waals surface area contributed by atoms with Gasteiger partial charge in [0.05, 0.1) is 17.7 Å². The third-order valence-electron chi connectivity index (χ3n) is 5.23. The van der Waals surface area contributed by atoms with E-state index in [1.165, 1.54) is 7.11 Å². The Morgan fingerprint density at radius 1 is 0.969 bits per heavy atom. The summed E-state index contributed by atoms with van der Waals surface area (Å²) >= 11 is 0. The zero-order valence-electron chi connectivity index (χ0n) is 18.5. The highest BCUT2D eigenvalue weighted by atomic mass is 32.2. The molecular weight excluding hydrogens is 424 g/mol. The number of hydrogen-bond donors (Lipinski definition) is 1. The van der Waals surface area contributed by atoms with Gasteiger partial charge in [-0.05, 0) is 54.8 Å². The van der Waals surface area contributed by atoms with Crippen molar-refractivity contribution in [3.63, 3.8) is 0 Å². The third kappa shape index (κ3) is 5.68. The molecule has 0 heterocycles. The molecule has 0 radical (unpaired) electrons. The quantitative estimate of drug-likeness (QED) is 0.530. The summed E-state index contributed by atoms with van der Waals surface area (Å²) in [6, 6.07) is 23.0. The topological polar surface area (TPSA) is 75.7 Å². The maximum Gasteiger partial charge on any atom is 0.264 e. The van der Waals surface area contributed by atoms with Crippen LogP contribution in [0.5, 0.6) is 5.75 Å². The van der Waals surface area contributed by atoms with Gasteiger partial charge in [0, 0.05) is 6.54 Å². The van der Waals surface area contributed by atoms with Crippen LogP contribution in [0.25, 0.3) is 0 Å². The first kappa shape index (κ1) is 23.3. The van der Waals surface area contributed by atoms with E-state index in [1.54, 1.807) is 48.5 Å². The Kier molecular flexibility index (Phi) is 7.53. The lowest BCUT2D eigenvalue weighted by Crippen LogP contribution is -2.41. The molecule has 0 saturated heterocycles.